The number of methoxy groups -OCH3 is 2. The van der Waals surface area contributed by atoms with Crippen LogP contribution in [0.15, 0.2) is 72.8 Å². The third kappa shape index (κ3) is 5.42. The number of benzene rings is 3. The van der Waals surface area contributed by atoms with Crippen molar-refractivity contribution in [2.45, 2.75) is 13.5 Å². The molecule has 31 heavy (non-hydrogen) atoms. The van der Waals surface area contributed by atoms with Gasteiger partial charge in [-0.05, 0) is 42.3 Å². The SMILES string of the molecule is COc1cccc(OC)c1C(=O)OCC(=O)N(Cc1ccccc1)c1cccc(C)c1. The number of aryl methyl sites for hydroxylation is 1. The van der Waals surface area contributed by atoms with Crippen molar-refractivity contribution in [3.63, 3.8) is 0 Å². The molecule has 0 fully saturated rings. The van der Waals surface area contributed by atoms with Crippen molar-refractivity contribution in [3.8, 4) is 11.5 Å². The van der Waals surface area contributed by atoms with Crippen LogP contribution in [-0.2, 0) is 16.1 Å². The Kier molecular flexibility index (Phi) is 7.27. The van der Waals surface area contributed by atoms with E-state index in [0.29, 0.717) is 18.0 Å². The van der Waals surface area contributed by atoms with Crippen LogP contribution in [0.3, 0.4) is 0 Å². The molecule has 6 heteroatoms. The molecule has 0 heterocycles. The number of anilines is 1. The Balaban J connectivity index is 1.80. The third-order valence-electron chi connectivity index (χ3n) is 4.76. The van der Waals surface area contributed by atoms with E-state index < -0.39 is 12.6 Å². The van der Waals surface area contributed by atoms with Crippen LogP contribution in [0.1, 0.15) is 21.5 Å². The van der Waals surface area contributed by atoms with Gasteiger partial charge in [-0.3, -0.25) is 4.79 Å². The van der Waals surface area contributed by atoms with Crippen molar-refractivity contribution in [3.05, 3.63) is 89.5 Å². The molecular formula is C25H25NO5. The minimum Gasteiger partial charge on any atom is -0.496 e. The lowest BCUT2D eigenvalue weighted by Gasteiger charge is -2.23. The number of carbonyl (C=O) groups excluding carboxylic acids is 2. The molecule has 0 radical (unpaired) electrons. The van der Waals surface area contributed by atoms with Crippen LogP contribution in [0.2, 0.25) is 0 Å². The van der Waals surface area contributed by atoms with Gasteiger partial charge in [0.15, 0.2) is 6.61 Å². The largest absolute Gasteiger partial charge is 0.496 e. The summed E-state index contributed by atoms with van der Waals surface area (Å²) in [5, 5.41) is 0. The van der Waals surface area contributed by atoms with Crippen molar-refractivity contribution >= 4 is 17.6 Å². The monoisotopic (exact) mass is 419 g/mol. The van der Waals surface area contributed by atoms with E-state index in [2.05, 4.69) is 0 Å². The zero-order chi connectivity index (χ0) is 22.2. The predicted octanol–water partition coefficient (Wildman–Crippen LogP) is 4.40. The highest BCUT2D eigenvalue weighted by Crippen LogP contribution is 2.29. The topological polar surface area (TPSA) is 65.1 Å². The fourth-order valence-corrected chi connectivity index (χ4v) is 3.22. The van der Waals surface area contributed by atoms with Crippen molar-refractivity contribution in [1.82, 2.24) is 0 Å². The van der Waals surface area contributed by atoms with Crippen LogP contribution in [0, 0.1) is 6.92 Å². The van der Waals surface area contributed by atoms with Crippen LogP contribution in [0.25, 0.3) is 0 Å². The first-order valence-corrected chi connectivity index (χ1v) is 9.82. The van der Waals surface area contributed by atoms with E-state index in [0.717, 1.165) is 16.8 Å². The lowest BCUT2D eigenvalue weighted by molar-refractivity contribution is -0.121. The number of ether oxygens (including phenoxy) is 3. The van der Waals surface area contributed by atoms with Gasteiger partial charge in [0, 0.05) is 5.69 Å². The molecule has 0 aromatic heterocycles. The van der Waals surface area contributed by atoms with E-state index in [1.54, 1.807) is 23.1 Å². The van der Waals surface area contributed by atoms with Crippen LogP contribution < -0.4 is 14.4 Å². The fraction of sp³-hybridized carbons (Fsp3) is 0.200. The molecule has 0 aliphatic rings. The normalized spacial score (nSPS) is 10.3. The molecule has 1 amide bonds. The number of rotatable bonds is 8. The molecule has 3 aromatic rings. The van der Waals surface area contributed by atoms with Gasteiger partial charge in [-0.1, -0.05) is 48.5 Å². The lowest BCUT2D eigenvalue weighted by Crippen LogP contribution is -2.34. The summed E-state index contributed by atoms with van der Waals surface area (Å²) in [5.74, 6) is -0.392. The van der Waals surface area contributed by atoms with E-state index in [1.807, 2.05) is 61.5 Å². The van der Waals surface area contributed by atoms with Crippen molar-refractivity contribution in [1.29, 1.82) is 0 Å². The molecule has 0 spiro atoms. The van der Waals surface area contributed by atoms with Gasteiger partial charge in [-0.25, -0.2) is 4.79 Å². The average molecular weight is 419 g/mol. The summed E-state index contributed by atoms with van der Waals surface area (Å²) in [6, 6.07) is 22.3. The summed E-state index contributed by atoms with van der Waals surface area (Å²) < 4.78 is 15.9. The van der Waals surface area contributed by atoms with Crippen molar-refractivity contribution < 1.29 is 23.8 Å². The summed E-state index contributed by atoms with van der Waals surface area (Å²) in [6.45, 7) is 1.90. The predicted molar refractivity (Wildman–Crippen MR) is 119 cm³/mol. The number of nitrogens with zero attached hydrogens (tertiary/aromatic N) is 1. The van der Waals surface area contributed by atoms with Crippen LogP contribution in [-0.4, -0.2) is 32.7 Å². The van der Waals surface area contributed by atoms with Gasteiger partial charge in [0.25, 0.3) is 5.91 Å². The summed E-state index contributed by atoms with van der Waals surface area (Å²) in [6.07, 6.45) is 0. The maximum absolute atomic E-state index is 13.1. The first kappa shape index (κ1) is 21.9. The molecule has 0 bridgehead atoms. The quantitative estimate of drug-likeness (QED) is 0.506. The summed E-state index contributed by atoms with van der Waals surface area (Å²) >= 11 is 0. The Labute approximate surface area is 182 Å². The standard InChI is InChI=1S/C25H25NO5/c1-18-9-7-12-20(15-18)26(16-19-10-5-4-6-11-19)23(27)17-31-25(28)24-21(29-2)13-8-14-22(24)30-3/h4-15H,16-17H2,1-3H3. The van der Waals surface area contributed by atoms with E-state index in [4.69, 9.17) is 14.2 Å². The molecule has 0 atom stereocenters. The van der Waals surface area contributed by atoms with E-state index in [1.165, 1.54) is 14.2 Å². The maximum atomic E-state index is 13.1. The highest BCUT2D eigenvalue weighted by atomic mass is 16.5. The highest BCUT2D eigenvalue weighted by molar-refractivity contribution is 5.99. The molecule has 0 saturated heterocycles. The summed E-state index contributed by atoms with van der Waals surface area (Å²) in [4.78, 5) is 27.4. The minimum atomic E-state index is -0.688. The smallest absolute Gasteiger partial charge is 0.346 e. The molecule has 0 aliphatic heterocycles. The van der Waals surface area contributed by atoms with E-state index in [9.17, 15) is 9.59 Å². The van der Waals surface area contributed by atoms with Gasteiger partial charge in [0.1, 0.15) is 17.1 Å². The summed E-state index contributed by atoms with van der Waals surface area (Å²) in [5.41, 5.74) is 2.87. The van der Waals surface area contributed by atoms with Gasteiger partial charge >= 0.3 is 5.97 Å². The second-order valence-electron chi connectivity index (χ2n) is 6.92. The van der Waals surface area contributed by atoms with Gasteiger partial charge in [0.05, 0.1) is 20.8 Å². The third-order valence-corrected chi connectivity index (χ3v) is 4.76. The average Bonchev–Trinajstić information content (AvgIpc) is 2.80. The molecule has 0 unspecified atom stereocenters. The zero-order valence-corrected chi connectivity index (χ0v) is 17.8. The molecular weight excluding hydrogens is 394 g/mol. The lowest BCUT2D eigenvalue weighted by atomic mass is 10.1. The van der Waals surface area contributed by atoms with Crippen molar-refractivity contribution in [2.24, 2.45) is 0 Å². The molecule has 0 N–H and O–H groups in total. The second kappa shape index (κ2) is 10.3. The number of carbonyl (C=O) groups is 2. The van der Waals surface area contributed by atoms with Gasteiger partial charge < -0.3 is 19.1 Å². The Hall–Kier alpha value is -3.80. The van der Waals surface area contributed by atoms with E-state index >= 15 is 0 Å². The van der Waals surface area contributed by atoms with Crippen LogP contribution in [0.5, 0.6) is 11.5 Å². The maximum Gasteiger partial charge on any atom is 0.346 e. The molecule has 6 nitrogen and oxygen atoms in total. The highest BCUT2D eigenvalue weighted by Gasteiger charge is 2.23. The summed E-state index contributed by atoms with van der Waals surface area (Å²) in [7, 11) is 2.91. The Morgan fingerprint density at radius 3 is 2.10 bits per heavy atom. The first-order chi connectivity index (χ1) is 15.0. The minimum absolute atomic E-state index is 0.144. The molecule has 0 saturated carbocycles. The van der Waals surface area contributed by atoms with Crippen LogP contribution >= 0.6 is 0 Å². The number of esters is 1. The van der Waals surface area contributed by atoms with Crippen LogP contribution in [0.4, 0.5) is 5.69 Å². The van der Waals surface area contributed by atoms with E-state index in [-0.39, 0.29) is 11.5 Å². The Bertz CT molecular complexity index is 1030. The second-order valence-corrected chi connectivity index (χ2v) is 6.92. The number of amides is 1. The van der Waals surface area contributed by atoms with Gasteiger partial charge in [-0.15, -0.1) is 0 Å². The number of hydrogen-bond acceptors (Lipinski definition) is 5. The molecule has 160 valence electrons. The first-order valence-electron chi connectivity index (χ1n) is 9.82. The Morgan fingerprint density at radius 2 is 1.48 bits per heavy atom. The van der Waals surface area contributed by atoms with Gasteiger partial charge in [-0.2, -0.15) is 0 Å². The van der Waals surface area contributed by atoms with Crippen molar-refractivity contribution in [2.75, 3.05) is 25.7 Å². The van der Waals surface area contributed by atoms with Gasteiger partial charge in [0.2, 0.25) is 0 Å². The molecule has 3 rings (SSSR count). The zero-order valence-electron chi connectivity index (χ0n) is 17.8. The fourth-order valence-electron chi connectivity index (χ4n) is 3.22. The Morgan fingerprint density at radius 1 is 0.839 bits per heavy atom. The molecule has 3 aromatic carbocycles. The number of hydrogen-bond donors (Lipinski definition) is 0. The molecule has 0 aliphatic carbocycles.